The zero-order chi connectivity index (χ0) is 89.0. The Labute approximate surface area is 758 Å². The molecule has 6 heterocycles. The van der Waals surface area contributed by atoms with Crippen LogP contribution in [0.1, 0.15) is 172 Å². The van der Waals surface area contributed by atoms with E-state index in [1.54, 1.807) is 64.8 Å². The Morgan fingerprint density at radius 1 is 0.455 bits per heavy atom. The van der Waals surface area contributed by atoms with E-state index in [4.69, 9.17) is 94.8 Å². The van der Waals surface area contributed by atoms with Gasteiger partial charge in [0.1, 0.15) is 53.9 Å². The maximum absolute atomic E-state index is 11.5. The highest BCUT2D eigenvalue weighted by atomic mass is 127. The molecule has 14 aromatic rings. The second-order valence-electron chi connectivity index (χ2n) is 32.1. The Balaban J connectivity index is 0.000000193. The molecule has 0 aliphatic heterocycles. The van der Waals surface area contributed by atoms with Crippen molar-refractivity contribution in [3.05, 3.63) is 323 Å². The summed E-state index contributed by atoms with van der Waals surface area (Å²) in [6.45, 7) is 31.0. The Morgan fingerprint density at radius 2 is 0.829 bits per heavy atom. The average molecular weight is 1890 g/mol. The van der Waals surface area contributed by atoms with Crippen molar-refractivity contribution in [2.75, 3.05) is 28.4 Å². The molecule has 648 valence electrons. The second-order valence-corrected chi connectivity index (χ2v) is 45.2. The zero-order valence-electron chi connectivity index (χ0n) is 72.0. The number of hydrogen-bond donors (Lipinski definition) is 4. The molecule has 5 atom stereocenters. The molecule has 4 N–H and O–H groups in total. The van der Waals surface area contributed by atoms with E-state index < -0.39 is 28.7 Å². The van der Waals surface area contributed by atoms with Crippen LogP contribution >= 0.6 is 69.0 Å². The molecule has 0 amide bonds. The number of H-pyrrole nitrogens is 1. The van der Waals surface area contributed by atoms with Crippen molar-refractivity contribution < 1.29 is 58.1 Å². The number of pyridine rings is 3. The van der Waals surface area contributed by atoms with E-state index in [9.17, 15) is 14.7 Å². The molecule has 14 rings (SSSR count). The van der Waals surface area contributed by atoms with Gasteiger partial charge in [-0.3, -0.25) is 9.59 Å². The number of aldehydes is 2. The van der Waals surface area contributed by atoms with Gasteiger partial charge in [0, 0.05) is 93.7 Å². The van der Waals surface area contributed by atoms with E-state index in [0.29, 0.717) is 77.0 Å². The molecule has 8 aromatic carbocycles. The number of halogens is 5. The number of ether oxygens (including phenoxy) is 7. The first-order valence-corrected chi connectivity index (χ1v) is 48.1. The molecular weight excluding hydrogens is 1780 g/mol. The lowest BCUT2D eigenvalue weighted by Gasteiger charge is -2.38. The molecule has 0 fully saturated rings. The maximum Gasteiger partial charge on any atom is 0.163 e. The fraction of sp³-hybridized carbons (Fsp3) is 0.276. The third-order valence-electron chi connectivity index (χ3n) is 21.9. The van der Waals surface area contributed by atoms with Crippen molar-refractivity contribution >= 4 is 131 Å². The van der Waals surface area contributed by atoms with Crippen LogP contribution in [-0.2, 0) is 6.42 Å². The van der Waals surface area contributed by atoms with Crippen LogP contribution in [0.2, 0.25) is 56.4 Å². The van der Waals surface area contributed by atoms with Crippen LogP contribution in [0.3, 0.4) is 0 Å². The quantitative estimate of drug-likeness (QED) is 0.0281. The van der Waals surface area contributed by atoms with Gasteiger partial charge in [-0.05, 0) is 251 Å². The SMILES string of the molecule is C.CC(C)(C)[Si](C)(C)n1cc(I)c2cccnc21.CC(O)c1ccc(Cl)cc1.COc1cc(C(O)c2cn([Si](C)(C)C(C)(C)C)c3ncccc23)ccc1OC(C)c1ccc(Cl)cc1.COc1cc(C=O)ccc1O.COc1cc(C=O)ccc1OC(C)c1ccc(Cl)cc1.COc1cc(Cc2c[nH]c3ncccc23)ccc1OC(C)c1ccc(Cl)cc1. The number of phenolic OH excluding ortho intramolecular Hbond substituents is 1. The highest BCUT2D eigenvalue weighted by Crippen LogP contribution is 2.44. The number of nitrogens with one attached hydrogen (secondary N) is 1. The number of fused-ring (bicyclic) bond motifs is 3. The molecule has 0 saturated carbocycles. The highest BCUT2D eigenvalue weighted by molar-refractivity contribution is 14.1. The number of aromatic nitrogens is 6. The van der Waals surface area contributed by atoms with Crippen molar-refractivity contribution in [2.24, 2.45) is 0 Å². The fourth-order valence-corrected chi connectivity index (χ4v) is 17.9. The normalized spacial score (nSPS) is 12.5. The molecule has 0 radical (unpaired) electrons. The number of hydrogen-bond acceptors (Lipinski definition) is 15. The fourth-order valence-electron chi connectivity index (χ4n) is 12.7. The summed E-state index contributed by atoms with van der Waals surface area (Å²) in [7, 11) is 2.71. The van der Waals surface area contributed by atoms with Crippen molar-refractivity contribution in [3.8, 4) is 46.0 Å². The summed E-state index contributed by atoms with van der Waals surface area (Å²) in [5, 5.41) is 36.3. The summed E-state index contributed by atoms with van der Waals surface area (Å²) < 4.78 is 45.5. The van der Waals surface area contributed by atoms with Crippen LogP contribution in [0.25, 0.3) is 33.1 Å². The summed E-state index contributed by atoms with van der Waals surface area (Å²) in [4.78, 5) is 37.9. The van der Waals surface area contributed by atoms with E-state index in [0.717, 1.165) is 85.1 Å². The first kappa shape index (κ1) is 98.3. The molecule has 123 heavy (non-hydrogen) atoms. The van der Waals surface area contributed by atoms with Crippen LogP contribution < -0.4 is 33.2 Å². The van der Waals surface area contributed by atoms with Crippen LogP contribution in [-0.4, -0.2) is 101 Å². The van der Waals surface area contributed by atoms with E-state index in [2.05, 4.69) is 144 Å². The predicted molar refractivity (Wildman–Crippen MR) is 515 cm³/mol. The van der Waals surface area contributed by atoms with Crippen LogP contribution in [0, 0.1) is 3.57 Å². The highest BCUT2D eigenvalue weighted by Gasteiger charge is 2.41. The summed E-state index contributed by atoms with van der Waals surface area (Å²) in [5.41, 5.74) is 11.9. The van der Waals surface area contributed by atoms with Gasteiger partial charge in [0.25, 0.3) is 0 Å². The van der Waals surface area contributed by atoms with Crippen LogP contribution in [0.15, 0.2) is 243 Å². The first-order valence-electron chi connectivity index (χ1n) is 39.6. The summed E-state index contributed by atoms with van der Waals surface area (Å²) >= 11 is 25.9. The molecule has 0 spiro atoms. The number of rotatable bonds is 22. The zero-order valence-corrected chi connectivity index (χ0v) is 79.2. The number of carbonyl (C=O) groups is 2. The number of nitrogens with zero attached hydrogens (tertiary/aromatic N) is 5. The number of benzene rings is 8. The molecular formula is C98H111Cl4IN6O12Si2. The molecule has 0 saturated heterocycles. The second kappa shape index (κ2) is 44.4. The van der Waals surface area contributed by atoms with Gasteiger partial charge in [0.15, 0.2) is 62.5 Å². The summed E-state index contributed by atoms with van der Waals surface area (Å²) in [5.74, 6) is 4.11. The van der Waals surface area contributed by atoms with E-state index in [1.807, 2.05) is 179 Å². The molecule has 25 heteroatoms. The molecule has 6 aromatic heterocycles. The lowest BCUT2D eigenvalue weighted by atomic mass is 10.0. The monoisotopic (exact) mass is 1890 g/mol. The lowest BCUT2D eigenvalue weighted by molar-refractivity contribution is 0.111. The van der Waals surface area contributed by atoms with Crippen molar-refractivity contribution in [1.82, 2.24) is 28.4 Å². The number of methoxy groups -OCH3 is 4. The van der Waals surface area contributed by atoms with Gasteiger partial charge in [-0.25, -0.2) is 15.0 Å². The minimum atomic E-state index is -1.96. The Kier molecular flexibility index (Phi) is 35.5. The third kappa shape index (κ3) is 25.5. The molecule has 18 nitrogen and oxygen atoms in total. The molecule has 0 bridgehead atoms. The van der Waals surface area contributed by atoms with Gasteiger partial charge in [-0.15, -0.1) is 0 Å². The molecule has 5 unspecified atom stereocenters. The number of phenols is 1. The number of aromatic hydroxyl groups is 1. The van der Waals surface area contributed by atoms with Crippen molar-refractivity contribution in [2.45, 2.75) is 150 Å². The standard InChI is InChI=1S/C29H35ClN2O3Si.C23H21ClN2O2.C16H15ClO3.C13H19IN2Si.C8H9ClO.C8H8O3.CH4/c1-19(20-10-13-22(30)14-11-20)35-25-15-12-21(17-26(25)34-5)27(33)24-18-32(36(6,7)29(2,3)4)28-23(24)9-8-16-31-28;1-15(17-6-8-19(24)9-7-17)28-21-10-5-16(13-22(21)27-2)12-18-14-26-23-20(18)4-3-11-25-23;1-11(13-4-6-14(17)7-5-13)20-15-8-3-12(10-18)9-16(15)19-2;1-13(2,3)17(4,5)16-9-11(14)10-7-6-8-15-12(10)16;1-6(10)7-2-4-8(9)5-3-7;1-11-8-4-6(5-9)2-3-7(8)10;/h8-19,27,33H,1-7H3;3-11,13-15H,12H2,1-2H3,(H,25,26);3-11H,1-2H3;6-9H,1-5H3;2-6,10H,1H3;2-5,10H,1H3;1H4. The minimum Gasteiger partial charge on any atom is -0.504 e. The Bertz CT molecular complexity index is 5780. The van der Waals surface area contributed by atoms with E-state index in [-0.39, 0.29) is 36.5 Å². The van der Waals surface area contributed by atoms with Gasteiger partial charge in [0.2, 0.25) is 0 Å². The van der Waals surface area contributed by atoms with Gasteiger partial charge >= 0.3 is 0 Å². The van der Waals surface area contributed by atoms with Gasteiger partial charge in [-0.1, -0.05) is 182 Å². The average Bonchev–Trinajstić information content (AvgIpc) is 1.60. The van der Waals surface area contributed by atoms with E-state index in [1.165, 1.54) is 39.8 Å². The number of carbonyl (C=O) groups excluding carboxylic acids is 2. The van der Waals surface area contributed by atoms with Crippen LogP contribution in [0.5, 0.6) is 46.0 Å². The third-order valence-corrected chi connectivity index (χ3v) is 34.2. The largest absolute Gasteiger partial charge is 0.504 e. The van der Waals surface area contributed by atoms with Crippen molar-refractivity contribution in [3.63, 3.8) is 0 Å². The lowest BCUT2D eigenvalue weighted by Crippen LogP contribution is -2.45. The minimum absolute atomic E-state index is 0. The summed E-state index contributed by atoms with van der Waals surface area (Å²) in [6.07, 6.45) is 12.4. The smallest absolute Gasteiger partial charge is 0.163 e. The van der Waals surface area contributed by atoms with Crippen LogP contribution in [0.4, 0.5) is 0 Å². The molecule has 0 aliphatic rings. The molecule has 0 aliphatic carbocycles. The van der Waals surface area contributed by atoms with Gasteiger partial charge in [-0.2, -0.15) is 0 Å². The number of aliphatic hydroxyl groups is 2. The topological polar surface area (TPSA) is 224 Å². The number of aliphatic hydroxyl groups excluding tert-OH is 2. The Morgan fingerprint density at radius 3 is 1.28 bits per heavy atom. The van der Waals surface area contributed by atoms with E-state index >= 15 is 0 Å². The predicted octanol–water partition coefficient (Wildman–Crippen LogP) is 26.8. The first-order chi connectivity index (χ1) is 57.9. The Hall–Kier alpha value is -10.2. The maximum atomic E-state index is 11.5. The van der Waals surface area contributed by atoms with Gasteiger partial charge < -0.3 is 61.9 Å². The van der Waals surface area contributed by atoms with Crippen molar-refractivity contribution in [1.29, 1.82) is 0 Å². The van der Waals surface area contributed by atoms with Gasteiger partial charge in [0.05, 0.1) is 34.5 Å². The number of aromatic amines is 1. The summed E-state index contributed by atoms with van der Waals surface area (Å²) in [6, 6.07) is 63.2.